The molecule has 5 atom stereocenters. The van der Waals surface area contributed by atoms with Crippen molar-refractivity contribution in [1.82, 2.24) is 4.98 Å². The van der Waals surface area contributed by atoms with Crippen LogP contribution in [-0.2, 0) is 20.6 Å². The topological polar surface area (TPSA) is 131 Å². The summed E-state index contributed by atoms with van der Waals surface area (Å²) >= 11 is 7.89. The average molecular weight is 510 g/mol. The van der Waals surface area contributed by atoms with Gasteiger partial charge in [0, 0.05) is 17.6 Å². The highest BCUT2D eigenvalue weighted by atomic mass is 35.5. The van der Waals surface area contributed by atoms with Gasteiger partial charge in [-0.3, -0.25) is 0 Å². The third-order valence-corrected chi connectivity index (χ3v) is 6.78. The molecule has 0 aliphatic carbocycles. The van der Waals surface area contributed by atoms with Gasteiger partial charge in [0.25, 0.3) is 0 Å². The van der Waals surface area contributed by atoms with Crippen LogP contribution in [0.1, 0.15) is 29.2 Å². The number of hydrogen-bond acceptors (Lipinski definition) is 10. The number of hydrogen-bond donors (Lipinski definition) is 3. The number of carbonyl (C=O) groups is 1. The third-order valence-electron chi connectivity index (χ3n) is 5.40. The standard InChI is InChI=1S/C23H24ClNO8S/c1-2-30-23(29)32-11-16-19(26)20(27)21(28)22(33-16)12-5-6-14(24)13(8-12)9-18-25-10-17(34-18)15-4-3-7-31-15/h3-8,10,16,19-22,26-28H,2,9,11H2,1H3/t16-,19+,20-,21-,22+/m1/s1. The van der Waals surface area contributed by atoms with Gasteiger partial charge in [0.15, 0.2) is 0 Å². The van der Waals surface area contributed by atoms with Gasteiger partial charge < -0.3 is 33.9 Å². The molecule has 0 amide bonds. The van der Waals surface area contributed by atoms with Crippen molar-refractivity contribution in [2.75, 3.05) is 13.2 Å². The van der Waals surface area contributed by atoms with Gasteiger partial charge >= 0.3 is 6.16 Å². The number of nitrogens with zero attached hydrogens (tertiary/aromatic N) is 1. The minimum Gasteiger partial charge on any atom is -0.463 e. The summed E-state index contributed by atoms with van der Waals surface area (Å²) in [4.78, 5) is 16.8. The lowest BCUT2D eigenvalue weighted by atomic mass is 9.90. The van der Waals surface area contributed by atoms with Crippen LogP contribution in [0.25, 0.3) is 10.6 Å². The van der Waals surface area contributed by atoms with Crippen LogP contribution in [0.5, 0.6) is 0 Å². The van der Waals surface area contributed by atoms with E-state index in [1.165, 1.54) is 11.3 Å². The number of rotatable bonds is 7. The Labute approximate surface area is 204 Å². The van der Waals surface area contributed by atoms with Gasteiger partial charge in [0.2, 0.25) is 0 Å². The van der Waals surface area contributed by atoms with Crippen LogP contribution >= 0.6 is 22.9 Å². The van der Waals surface area contributed by atoms with E-state index in [0.717, 1.165) is 21.2 Å². The van der Waals surface area contributed by atoms with Crippen molar-refractivity contribution in [2.24, 2.45) is 0 Å². The van der Waals surface area contributed by atoms with Crippen LogP contribution in [0.15, 0.2) is 47.2 Å². The van der Waals surface area contributed by atoms with E-state index >= 15 is 0 Å². The van der Waals surface area contributed by atoms with Crippen molar-refractivity contribution in [2.45, 2.75) is 43.9 Å². The van der Waals surface area contributed by atoms with Gasteiger partial charge in [-0.1, -0.05) is 23.7 Å². The van der Waals surface area contributed by atoms with Crippen molar-refractivity contribution >= 4 is 29.1 Å². The zero-order chi connectivity index (χ0) is 24.2. The molecular weight excluding hydrogens is 486 g/mol. The fourth-order valence-electron chi connectivity index (χ4n) is 3.67. The fourth-order valence-corrected chi connectivity index (χ4v) is 4.76. The molecule has 3 heterocycles. The van der Waals surface area contributed by atoms with Crippen LogP contribution in [0.3, 0.4) is 0 Å². The maximum Gasteiger partial charge on any atom is 0.508 e. The summed E-state index contributed by atoms with van der Waals surface area (Å²) in [5.41, 5.74) is 1.29. The third kappa shape index (κ3) is 5.43. The number of carbonyl (C=O) groups excluding carboxylic acids is 1. The monoisotopic (exact) mass is 509 g/mol. The molecule has 0 saturated carbocycles. The van der Waals surface area contributed by atoms with Crippen LogP contribution in [0.2, 0.25) is 5.02 Å². The van der Waals surface area contributed by atoms with E-state index in [9.17, 15) is 20.1 Å². The van der Waals surface area contributed by atoms with E-state index < -0.39 is 36.7 Å². The lowest BCUT2D eigenvalue weighted by molar-refractivity contribution is -0.232. The second kappa shape index (κ2) is 10.9. The molecular formula is C23H24ClNO8S. The van der Waals surface area contributed by atoms with E-state index in [4.69, 9.17) is 30.2 Å². The zero-order valence-corrected chi connectivity index (χ0v) is 19.7. The maximum absolute atomic E-state index is 11.5. The van der Waals surface area contributed by atoms with Crippen molar-refractivity contribution < 1.29 is 38.7 Å². The van der Waals surface area contributed by atoms with Crippen molar-refractivity contribution in [3.63, 3.8) is 0 Å². The molecule has 1 aliphatic rings. The quantitative estimate of drug-likeness (QED) is 0.410. The summed E-state index contributed by atoms with van der Waals surface area (Å²) in [6.45, 7) is 1.41. The summed E-state index contributed by atoms with van der Waals surface area (Å²) in [6.07, 6.45) is -3.58. The molecule has 0 bridgehead atoms. The Morgan fingerprint density at radius 1 is 1.18 bits per heavy atom. The van der Waals surface area contributed by atoms with Crippen LogP contribution < -0.4 is 0 Å². The second-order valence-electron chi connectivity index (χ2n) is 7.68. The summed E-state index contributed by atoms with van der Waals surface area (Å²) in [7, 11) is 0. The summed E-state index contributed by atoms with van der Waals surface area (Å²) in [5.74, 6) is 0.728. The van der Waals surface area contributed by atoms with Crippen LogP contribution in [0.4, 0.5) is 4.79 Å². The second-order valence-corrected chi connectivity index (χ2v) is 9.21. The first-order valence-corrected chi connectivity index (χ1v) is 11.8. The largest absolute Gasteiger partial charge is 0.508 e. The van der Waals surface area contributed by atoms with Gasteiger partial charge in [-0.05, 0) is 36.2 Å². The molecule has 4 rings (SSSR count). The maximum atomic E-state index is 11.5. The Morgan fingerprint density at radius 2 is 2.00 bits per heavy atom. The number of ether oxygens (including phenoxy) is 3. The first-order chi connectivity index (χ1) is 16.4. The van der Waals surface area contributed by atoms with Crippen LogP contribution in [-0.4, -0.2) is 64.1 Å². The average Bonchev–Trinajstić information content (AvgIpc) is 3.51. The molecule has 11 heteroatoms. The van der Waals surface area contributed by atoms with E-state index in [1.54, 1.807) is 43.6 Å². The first kappa shape index (κ1) is 24.6. The molecule has 0 radical (unpaired) electrons. The SMILES string of the molecule is CCOC(=O)OC[C@H]1O[C@@H](c2ccc(Cl)c(Cc3ncc(-c4ccco4)s3)c2)[C@H](O)[C@H](O)[C@H]1O. The minimum atomic E-state index is -1.51. The molecule has 2 aromatic heterocycles. The number of benzene rings is 1. The van der Waals surface area contributed by atoms with Gasteiger partial charge in [-0.2, -0.15) is 0 Å². The number of halogens is 1. The highest BCUT2D eigenvalue weighted by Crippen LogP contribution is 2.35. The normalized spacial score (nSPS) is 24.7. The van der Waals surface area contributed by atoms with Crippen molar-refractivity contribution in [1.29, 1.82) is 0 Å². The van der Waals surface area contributed by atoms with Crippen molar-refractivity contribution in [3.05, 3.63) is 63.9 Å². The van der Waals surface area contributed by atoms with E-state index in [0.29, 0.717) is 17.0 Å². The molecule has 0 spiro atoms. The van der Waals surface area contributed by atoms with E-state index in [-0.39, 0.29) is 13.2 Å². The van der Waals surface area contributed by atoms with Gasteiger partial charge in [0.05, 0.1) is 22.8 Å². The number of aliphatic hydroxyl groups excluding tert-OH is 3. The zero-order valence-electron chi connectivity index (χ0n) is 18.2. The van der Waals surface area contributed by atoms with Crippen LogP contribution in [0, 0.1) is 0 Å². The molecule has 34 heavy (non-hydrogen) atoms. The molecule has 1 aliphatic heterocycles. The van der Waals surface area contributed by atoms with Gasteiger partial charge in [-0.15, -0.1) is 11.3 Å². The van der Waals surface area contributed by atoms with E-state index in [2.05, 4.69) is 4.98 Å². The Bertz CT molecular complexity index is 1100. The molecule has 9 nitrogen and oxygen atoms in total. The Balaban J connectivity index is 1.51. The van der Waals surface area contributed by atoms with Gasteiger partial charge in [0.1, 0.15) is 42.9 Å². The van der Waals surface area contributed by atoms with Crippen molar-refractivity contribution in [3.8, 4) is 10.6 Å². The van der Waals surface area contributed by atoms with Gasteiger partial charge in [-0.25, -0.2) is 9.78 Å². The molecule has 1 aromatic carbocycles. The molecule has 1 saturated heterocycles. The Morgan fingerprint density at radius 3 is 2.74 bits per heavy atom. The number of thiazole rings is 1. The highest BCUT2D eigenvalue weighted by molar-refractivity contribution is 7.15. The Kier molecular flexibility index (Phi) is 7.87. The minimum absolute atomic E-state index is 0.131. The summed E-state index contributed by atoms with van der Waals surface area (Å²) in [6, 6.07) is 8.77. The lowest BCUT2D eigenvalue weighted by Crippen LogP contribution is -2.55. The molecule has 182 valence electrons. The number of aliphatic hydroxyl groups is 3. The Hall–Kier alpha value is -2.47. The van der Waals surface area contributed by atoms with E-state index in [1.807, 2.05) is 6.07 Å². The fraction of sp³-hybridized carbons (Fsp3) is 0.391. The molecule has 0 unspecified atom stereocenters. The summed E-state index contributed by atoms with van der Waals surface area (Å²) < 4.78 is 20.9. The molecule has 3 aromatic rings. The number of furan rings is 1. The molecule has 1 fully saturated rings. The first-order valence-electron chi connectivity index (χ1n) is 10.6. The number of aromatic nitrogens is 1. The molecule has 3 N–H and O–H groups in total. The lowest BCUT2D eigenvalue weighted by Gasteiger charge is -2.40. The smallest absolute Gasteiger partial charge is 0.463 e. The predicted octanol–water partition coefficient (Wildman–Crippen LogP) is 3.34. The predicted molar refractivity (Wildman–Crippen MR) is 123 cm³/mol. The highest BCUT2D eigenvalue weighted by Gasteiger charge is 2.44. The summed E-state index contributed by atoms with van der Waals surface area (Å²) in [5, 5.41) is 32.6.